The number of thiophene rings is 1. The first-order valence-corrected chi connectivity index (χ1v) is 6.90. The number of hydrogen-bond donors (Lipinski definition) is 1. The fourth-order valence-electron chi connectivity index (χ4n) is 1.39. The van der Waals surface area contributed by atoms with E-state index in [1.54, 1.807) is 13.2 Å². The number of alkyl halides is 1. The molecule has 16 heavy (non-hydrogen) atoms. The van der Waals surface area contributed by atoms with E-state index in [9.17, 15) is 4.79 Å². The van der Waals surface area contributed by atoms with Gasteiger partial charge in [0.25, 0.3) is 5.91 Å². The Labute approximate surface area is 108 Å². The molecule has 2 atom stereocenters. The van der Waals surface area contributed by atoms with Crippen LogP contribution in [0.5, 0.6) is 5.75 Å². The maximum atomic E-state index is 11.8. The molecule has 1 amide bonds. The Balaban J connectivity index is 2.51. The molecular weight excluding hydrogens is 290 g/mol. The summed E-state index contributed by atoms with van der Waals surface area (Å²) < 4.78 is 5.04. The van der Waals surface area contributed by atoms with Gasteiger partial charge in [0, 0.05) is 22.3 Å². The quantitative estimate of drug-likeness (QED) is 0.849. The van der Waals surface area contributed by atoms with Crippen molar-refractivity contribution >= 4 is 33.2 Å². The monoisotopic (exact) mass is 305 g/mol. The number of amides is 1. The summed E-state index contributed by atoms with van der Waals surface area (Å²) in [6, 6.07) is 1.92. The van der Waals surface area contributed by atoms with Crippen LogP contribution in [-0.2, 0) is 0 Å². The van der Waals surface area contributed by atoms with Gasteiger partial charge >= 0.3 is 0 Å². The molecule has 0 spiro atoms. The van der Waals surface area contributed by atoms with E-state index in [4.69, 9.17) is 4.74 Å². The number of nitrogens with one attached hydrogen (secondary N) is 1. The summed E-state index contributed by atoms with van der Waals surface area (Å²) in [7, 11) is 1.60. The van der Waals surface area contributed by atoms with Crippen LogP contribution < -0.4 is 10.1 Å². The standard InChI is InChI=1S/C11H16BrNO2S/c1-7(12)4-8(2)13-11(14)10-5-9(15-3)6-16-10/h5-8H,4H2,1-3H3,(H,13,14). The van der Waals surface area contributed by atoms with Crippen LogP contribution >= 0.6 is 27.3 Å². The first-order valence-electron chi connectivity index (χ1n) is 5.10. The molecule has 0 aliphatic carbocycles. The molecule has 0 aromatic carbocycles. The third kappa shape index (κ3) is 4.14. The lowest BCUT2D eigenvalue weighted by Gasteiger charge is -2.14. The van der Waals surface area contributed by atoms with Crippen molar-refractivity contribution in [1.82, 2.24) is 5.32 Å². The summed E-state index contributed by atoms with van der Waals surface area (Å²) in [4.78, 5) is 12.9. The molecule has 0 radical (unpaired) electrons. The molecule has 0 saturated carbocycles. The second-order valence-corrected chi connectivity index (χ2v) is 6.22. The smallest absolute Gasteiger partial charge is 0.261 e. The Kier molecular flexibility index (Phi) is 5.28. The summed E-state index contributed by atoms with van der Waals surface area (Å²) in [5.41, 5.74) is 0. The molecule has 1 aromatic heterocycles. The van der Waals surface area contributed by atoms with Crippen molar-refractivity contribution < 1.29 is 9.53 Å². The molecule has 0 aliphatic heterocycles. The van der Waals surface area contributed by atoms with E-state index in [0.717, 1.165) is 12.2 Å². The lowest BCUT2D eigenvalue weighted by molar-refractivity contribution is 0.0942. The fraction of sp³-hybridized carbons (Fsp3) is 0.545. The Morgan fingerprint density at radius 1 is 1.62 bits per heavy atom. The highest BCUT2D eigenvalue weighted by molar-refractivity contribution is 9.09. The number of carbonyl (C=O) groups is 1. The van der Waals surface area contributed by atoms with Gasteiger partial charge < -0.3 is 10.1 Å². The van der Waals surface area contributed by atoms with E-state index < -0.39 is 0 Å². The number of carbonyl (C=O) groups excluding carboxylic acids is 1. The molecule has 0 bridgehead atoms. The second-order valence-electron chi connectivity index (χ2n) is 3.74. The largest absolute Gasteiger partial charge is 0.496 e. The normalized spacial score (nSPS) is 14.2. The van der Waals surface area contributed by atoms with Crippen molar-refractivity contribution in [3.8, 4) is 5.75 Å². The predicted molar refractivity (Wildman–Crippen MR) is 70.8 cm³/mol. The predicted octanol–water partition coefficient (Wildman–Crippen LogP) is 3.05. The molecule has 2 unspecified atom stereocenters. The highest BCUT2D eigenvalue weighted by Crippen LogP contribution is 2.21. The average molecular weight is 306 g/mol. The highest BCUT2D eigenvalue weighted by Gasteiger charge is 2.13. The molecule has 0 saturated heterocycles. The van der Waals surface area contributed by atoms with Gasteiger partial charge in [0.1, 0.15) is 5.75 Å². The van der Waals surface area contributed by atoms with Gasteiger partial charge in [-0.3, -0.25) is 4.79 Å². The van der Waals surface area contributed by atoms with Crippen LogP contribution in [0, 0.1) is 0 Å². The summed E-state index contributed by atoms with van der Waals surface area (Å²) in [5.74, 6) is 0.700. The van der Waals surface area contributed by atoms with E-state index in [-0.39, 0.29) is 11.9 Å². The van der Waals surface area contributed by atoms with Crippen LogP contribution in [0.3, 0.4) is 0 Å². The molecule has 0 fully saturated rings. The van der Waals surface area contributed by atoms with Crippen molar-refractivity contribution in [1.29, 1.82) is 0 Å². The van der Waals surface area contributed by atoms with Crippen LogP contribution in [0.25, 0.3) is 0 Å². The van der Waals surface area contributed by atoms with Crippen LogP contribution in [0.1, 0.15) is 29.9 Å². The third-order valence-electron chi connectivity index (χ3n) is 2.09. The van der Waals surface area contributed by atoms with E-state index in [1.807, 2.05) is 12.3 Å². The zero-order chi connectivity index (χ0) is 12.1. The number of ether oxygens (including phenoxy) is 1. The van der Waals surface area contributed by atoms with Gasteiger partial charge in [-0.25, -0.2) is 0 Å². The molecule has 1 heterocycles. The zero-order valence-corrected chi connectivity index (χ0v) is 12.0. The molecule has 1 N–H and O–H groups in total. The lowest BCUT2D eigenvalue weighted by atomic mass is 10.2. The van der Waals surface area contributed by atoms with Crippen molar-refractivity contribution in [2.75, 3.05) is 7.11 Å². The fourth-order valence-corrected chi connectivity index (χ4v) is 2.70. The summed E-state index contributed by atoms with van der Waals surface area (Å²) in [6.07, 6.45) is 0.911. The van der Waals surface area contributed by atoms with Crippen molar-refractivity contribution in [2.45, 2.75) is 31.1 Å². The summed E-state index contributed by atoms with van der Waals surface area (Å²) >= 11 is 4.86. The van der Waals surface area contributed by atoms with Gasteiger partial charge in [0.2, 0.25) is 0 Å². The highest BCUT2D eigenvalue weighted by atomic mass is 79.9. The Bertz CT molecular complexity index is 352. The number of hydrogen-bond acceptors (Lipinski definition) is 3. The van der Waals surface area contributed by atoms with E-state index >= 15 is 0 Å². The molecule has 5 heteroatoms. The zero-order valence-electron chi connectivity index (χ0n) is 9.62. The van der Waals surface area contributed by atoms with Crippen LogP contribution in [0.15, 0.2) is 11.4 Å². The van der Waals surface area contributed by atoms with Gasteiger partial charge in [0.15, 0.2) is 0 Å². The SMILES string of the molecule is COc1csc(C(=O)NC(C)CC(C)Br)c1. The second kappa shape index (κ2) is 6.25. The maximum Gasteiger partial charge on any atom is 0.261 e. The minimum Gasteiger partial charge on any atom is -0.496 e. The third-order valence-corrected chi connectivity index (χ3v) is 3.37. The van der Waals surface area contributed by atoms with Gasteiger partial charge in [0.05, 0.1) is 12.0 Å². The number of rotatable bonds is 5. The topological polar surface area (TPSA) is 38.3 Å². The first-order chi connectivity index (χ1) is 7.52. The first kappa shape index (κ1) is 13.5. The van der Waals surface area contributed by atoms with Crippen molar-refractivity contribution in [2.24, 2.45) is 0 Å². The lowest BCUT2D eigenvalue weighted by Crippen LogP contribution is -2.33. The van der Waals surface area contributed by atoms with Crippen LogP contribution in [-0.4, -0.2) is 23.9 Å². The Hall–Kier alpha value is -0.550. The molecule has 90 valence electrons. The summed E-state index contributed by atoms with van der Waals surface area (Å²) in [6.45, 7) is 4.07. The Morgan fingerprint density at radius 2 is 2.31 bits per heavy atom. The minimum atomic E-state index is -0.0334. The molecular formula is C11H16BrNO2S. The van der Waals surface area contributed by atoms with Gasteiger partial charge in [-0.2, -0.15) is 0 Å². The minimum absolute atomic E-state index is 0.0334. The van der Waals surface area contributed by atoms with E-state index in [0.29, 0.717) is 9.70 Å². The Morgan fingerprint density at radius 3 is 2.81 bits per heavy atom. The van der Waals surface area contributed by atoms with Gasteiger partial charge in [-0.15, -0.1) is 11.3 Å². The number of methoxy groups -OCH3 is 1. The van der Waals surface area contributed by atoms with Gasteiger partial charge in [-0.05, 0) is 13.3 Å². The van der Waals surface area contributed by atoms with Gasteiger partial charge in [-0.1, -0.05) is 22.9 Å². The molecule has 1 rings (SSSR count). The van der Waals surface area contributed by atoms with Crippen LogP contribution in [0.2, 0.25) is 0 Å². The molecule has 3 nitrogen and oxygen atoms in total. The van der Waals surface area contributed by atoms with E-state index in [2.05, 4.69) is 28.2 Å². The average Bonchev–Trinajstić information content (AvgIpc) is 2.64. The molecule has 0 aliphatic rings. The van der Waals surface area contributed by atoms with E-state index in [1.165, 1.54) is 11.3 Å². The molecule has 1 aromatic rings. The summed E-state index contributed by atoms with van der Waals surface area (Å²) in [5, 5.41) is 4.78. The number of halogens is 1. The maximum absolute atomic E-state index is 11.8. The van der Waals surface area contributed by atoms with Crippen LogP contribution in [0.4, 0.5) is 0 Å². The van der Waals surface area contributed by atoms with Crippen molar-refractivity contribution in [3.05, 3.63) is 16.3 Å². The van der Waals surface area contributed by atoms with Crippen molar-refractivity contribution in [3.63, 3.8) is 0 Å².